The largest absolute Gasteiger partial charge is 0.497 e. The zero-order valence-electron chi connectivity index (χ0n) is 14.7. The number of nitrogens with zero attached hydrogens (tertiary/aromatic N) is 1. The summed E-state index contributed by atoms with van der Waals surface area (Å²) >= 11 is 0. The molecule has 1 aliphatic rings. The smallest absolute Gasteiger partial charge is 0.191 e. The Balaban J connectivity index is 0.00000312. The molecule has 1 aliphatic heterocycles. The Labute approximate surface area is 166 Å². The van der Waals surface area contributed by atoms with Gasteiger partial charge in [-0.25, -0.2) is 13.4 Å². The highest BCUT2D eigenvalue weighted by atomic mass is 127. The van der Waals surface area contributed by atoms with E-state index in [-0.39, 0.29) is 41.5 Å². The van der Waals surface area contributed by atoms with E-state index in [1.165, 1.54) is 0 Å². The van der Waals surface area contributed by atoms with Crippen LogP contribution in [0.15, 0.2) is 23.2 Å². The van der Waals surface area contributed by atoms with Crippen LogP contribution in [0.5, 0.6) is 11.5 Å². The van der Waals surface area contributed by atoms with Gasteiger partial charge in [-0.2, -0.15) is 0 Å². The van der Waals surface area contributed by atoms with E-state index < -0.39 is 9.84 Å². The lowest BCUT2D eigenvalue weighted by Gasteiger charge is -2.16. The molecule has 0 aliphatic carbocycles. The van der Waals surface area contributed by atoms with Crippen molar-refractivity contribution in [1.82, 2.24) is 10.6 Å². The maximum absolute atomic E-state index is 11.6. The average molecular weight is 483 g/mol. The van der Waals surface area contributed by atoms with E-state index in [0.717, 1.165) is 11.3 Å². The molecule has 1 heterocycles. The number of rotatable bonds is 6. The van der Waals surface area contributed by atoms with Gasteiger partial charge in [0.25, 0.3) is 0 Å². The number of sulfone groups is 1. The van der Waals surface area contributed by atoms with Crippen LogP contribution in [0, 0.1) is 0 Å². The van der Waals surface area contributed by atoms with Gasteiger partial charge in [-0.3, -0.25) is 0 Å². The average Bonchev–Trinajstić information content (AvgIpc) is 2.91. The quantitative estimate of drug-likeness (QED) is 0.363. The van der Waals surface area contributed by atoms with Gasteiger partial charge < -0.3 is 20.1 Å². The second-order valence-electron chi connectivity index (χ2n) is 5.62. The highest BCUT2D eigenvalue weighted by molar-refractivity contribution is 14.0. The van der Waals surface area contributed by atoms with Crippen LogP contribution in [0.25, 0.3) is 0 Å². The van der Waals surface area contributed by atoms with Crippen molar-refractivity contribution in [2.24, 2.45) is 4.99 Å². The minimum absolute atomic E-state index is 0. The molecule has 1 saturated heterocycles. The summed E-state index contributed by atoms with van der Waals surface area (Å²) in [5, 5.41) is 6.34. The van der Waals surface area contributed by atoms with Crippen LogP contribution in [-0.2, 0) is 16.4 Å². The Morgan fingerprint density at radius 3 is 2.64 bits per heavy atom. The van der Waals surface area contributed by atoms with E-state index >= 15 is 0 Å². The van der Waals surface area contributed by atoms with Crippen molar-refractivity contribution in [3.05, 3.63) is 23.8 Å². The number of halogens is 1. The Hall–Kier alpha value is -1.23. The van der Waals surface area contributed by atoms with Crippen molar-refractivity contribution in [2.45, 2.75) is 25.9 Å². The van der Waals surface area contributed by atoms with Crippen LogP contribution >= 0.6 is 24.0 Å². The highest BCUT2D eigenvalue weighted by Crippen LogP contribution is 2.25. The third-order valence-electron chi connectivity index (χ3n) is 3.82. The van der Waals surface area contributed by atoms with Crippen molar-refractivity contribution in [1.29, 1.82) is 0 Å². The molecular weight excluding hydrogens is 457 g/mol. The SMILES string of the molecule is CCNC(=NCc1ccc(OC)cc1OC)NC1CCS(=O)(=O)C1.I. The van der Waals surface area contributed by atoms with E-state index in [9.17, 15) is 8.42 Å². The molecule has 1 fully saturated rings. The van der Waals surface area contributed by atoms with Crippen molar-refractivity contribution >= 4 is 39.8 Å². The Morgan fingerprint density at radius 1 is 1.32 bits per heavy atom. The van der Waals surface area contributed by atoms with Crippen LogP contribution in [0.1, 0.15) is 18.9 Å². The van der Waals surface area contributed by atoms with Gasteiger partial charge in [0, 0.05) is 24.2 Å². The summed E-state index contributed by atoms with van der Waals surface area (Å²) in [6.45, 7) is 3.09. The molecule has 142 valence electrons. The number of ether oxygens (including phenoxy) is 2. The van der Waals surface area contributed by atoms with E-state index in [1.54, 1.807) is 14.2 Å². The summed E-state index contributed by atoms with van der Waals surface area (Å²) in [6.07, 6.45) is 0.610. The van der Waals surface area contributed by atoms with Crippen LogP contribution in [0.4, 0.5) is 0 Å². The number of aliphatic imine (C=N–C) groups is 1. The first-order valence-electron chi connectivity index (χ1n) is 7.93. The maximum atomic E-state index is 11.6. The molecule has 2 N–H and O–H groups in total. The summed E-state index contributed by atoms with van der Waals surface area (Å²) in [7, 11) is 0.292. The third-order valence-corrected chi connectivity index (χ3v) is 5.59. The first-order valence-corrected chi connectivity index (χ1v) is 9.75. The fraction of sp³-hybridized carbons (Fsp3) is 0.562. The summed E-state index contributed by atoms with van der Waals surface area (Å²) < 4.78 is 33.7. The van der Waals surface area contributed by atoms with Gasteiger partial charge in [-0.15, -0.1) is 24.0 Å². The van der Waals surface area contributed by atoms with Gasteiger partial charge in [-0.1, -0.05) is 0 Å². The Bertz CT molecular complexity index is 695. The third kappa shape index (κ3) is 6.53. The molecule has 0 radical (unpaired) electrons. The molecular formula is C16H26IN3O4S. The normalized spacial score (nSPS) is 19.0. The highest BCUT2D eigenvalue weighted by Gasteiger charge is 2.28. The van der Waals surface area contributed by atoms with Gasteiger partial charge in [0.2, 0.25) is 0 Å². The number of methoxy groups -OCH3 is 2. The van der Waals surface area contributed by atoms with Crippen molar-refractivity contribution in [3.8, 4) is 11.5 Å². The molecule has 0 bridgehead atoms. The zero-order chi connectivity index (χ0) is 17.6. The molecule has 0 aromatic heterocycles. The molecule has 0 spiro atoms. The monoisotopic (exact) mass is 483 g/mol. The molecule has 25 heavy (non-hydrogen) atoms. The van der Waals surface area contributed by atoms with Crippen LogP contribution < -0.4 is 20.1 Å². The number of benzene rings is 1. The summed E-state index contributed by atoms with van der Waals surface area (Å²) in [6, 6.07) is 5.49. The Kier molecular flexibility index (Phi) is 8.77. The fourth-order valence-corrected chi connectivity index (χ4v) is 4.24. The predicted octanol–water partition coefficient (Wildman–Crippen LogP) is 1.56. The van der Waals surface area contributed by atoms with Gasteiger partial charge in [0.15, 0.2) is 15.8 Å². The molecule has 1 atom stereocenters. The number of hydrogen-bond acceptors (Lipinski definition) is 5. The first kappa shape index (κ1) is 21.8. The second kappa shape index (κ2) is 10.0. The molecule has 2 rings (SSSR count). The molecule has 7 nitrogen and oxygen atoms in total. The molecule has 0 saturated carbocycles. The van der Waals surface area contributed by atoms with E-state index in [0.29, 0.717) is 31.2 Å². The minimum atomic E-state index is -2.92. The van der Waals surface area contributed by atoms with E-state index in [1.807, 2.05) is 25.1 Å². The number of hydrogen-bond donors (Lipinski definition) is 2. The van der Waals surface area contributed by atoms with Crippen molar-refractivity contribution in [2.75, 3.05) is 32.3 Å². The van der Waals surface area contributed by atoms with Crippen LogP contribution in [0.2, 0.25) is 0 Å². The molecule has 1 aromatic rings. The molecule has 1 aromatic carbocycles. The topological polar surface area (TPSA) is 89.0 Å². The van der Waals surface area contributed by atoms with Gasteiger partial charge in [0.05, 0.1) is 32.3 Å². The van der Waals surface area contributed by atoms with Crippen molar-refractivity contribution < 1.29 is 17.9 Å². The molecule has 0 amide bonds. The standard InChI is InChI=1S/C16H25N3O4S.HI/c1-4-17-16(19-13-7-8-24(20,21)11-13)18-10-12-5-6-14(22-2)9-15(12)23-3;/h5-6,9,13H,4,7-8,10-11H2,1-3H3,(H2,17,18,19);1H. The lowest BCUT2D eigenvalue weighted by atomic mass is 10.2. The Morgan fingerprint density at radius 2 is 2.08 bits per heavy atom. The zero-order valence-corrected chi connectivity index (χ0v) is 17.9. The summed E-state index contributed by atoms with van der Waals surface area (Å²) in [4.78, 5) is 4.54. The van der Waals surface area contributed by atoms with E-state index in [2.05, 4.69) is 15.6 Å². The summed E-state index contributed by atoms with van der Waals surface area (Å²) in [5.41, 5.74) is 0.926. The molecule has 1 unspecified atom stereocenters. The van der Waals surface area contributed by atoms with Crippen LogP contribution in [0.3, 0.4) is 0 Å². The predicted molar refractivity (Wildman–Crippen MR) is 110 cm³/mol. The fourth-order valence-electron chi connectivity index (χ4n) is 2.57. The van der Waals surface area contributed by atoms with E-state index in [4.69, 9.17) is 9.47 Å². The lowest BCUT2D eigenvalue weighted by molar-refractivity contribution is 0.391. The number of nitrogens with one attached hydrogen (secondary N) is 2. The van der Waals surface area contributed by atoms with Crippen molar-refractivity contribution in [3.63, 3.8) is 0 Å². The van der Waals surface area contributed by atoms with Gasteiger partial charge >= 0.3 is 0 Å². The lowest BCUT2D eigenvalue weighted by Crippen LogP contribution is -2.44. The maximum Gasteiger partial charge on any atom is 0.191 e. The molecule has 9 heteroatoms. The first-order chi connectivity index (χ1) is 11.5. The summed E-state index contributed by atoms with van der Waals surface area (Å²) in [5.74, 6) is 2.43. The van der Waals surface area contributed by atoms with Gasteiger partial charge in [0.1, 0.15) is 11.5 Å². The van der Waals surface area contributed by atoms with Crippen LogP contribution in [-0.4, -0.2) is 52.7 Å². The second-order valence-corrected chi connectivity index (χ2v) is 7.85. The number of guanidine groups is 1. The van der Waals surface area contributed by atoms with Gasteiger partial charge in [-0.05, 0) is 25.5 Å². The minimum Gasteiger partial charge on any atom is -0.497 e.